The molecule has 1 heterocycles. The van der Waals surface area contributed by atoms with Gasteiger partial charge in [0.1, 0.15) is 12.4 Å². The molecule has 0 aromatic carbocycles. The van der Waals surface area contributed by atoms with Gasteiger partial charge in [-0.25, -0.2) is 9.97 Å². The zero-order valence-corrected chi connectivity index (χ0v) is 8.06. The Hall–Kier alpha value is -1.22. The third-order valence-corrected chi connectivity index (χ3v) is 2.57. The van der Waals surface area contributed by atoms with Gasteiger partial charge in [-0.05, 0) is 31.3 Å². The van der Waals surface area contributed by atoms with Crippen molar-refractivity contribution >= 4 is 0 Å². The van der Waals surface area contributed by atoms with Crippen LogP contribution >= 0.6 is 0 Å². The molecule has 0 fully saturated rings. The molecule has 1 unspecified atom stereocenters. The lowest BCUT2D eigenvalue weighted by Crippen LogP contribution is -2.05. The van der Waals surface area contributed by atoms with Gasteiger partial charge in [0, 0.05) is 18.0 Å². The van der Waals surface area contributed by atoms with E-state index in [2.05, 4.69) is 16.0 Å². The van der Waals surface area contributed by atoms with Crippen LogP contribution in [0.1, 0.15) is 37.4 Å². The Morgan fingerprint density at radius 2 is 2.00 bits per heavy atom. The molecule has 2 rings (SSSR count). The SMILES string of the molecule is OC(C1=CCCCC1)c1cncnc1. The summed E-state index contributed by atoms with van der Waals surface area (Å²) < 4.78 is 0. The number of nitrogens with zero attached hydrogens (tertiary/aromatic N) is 2. The number of aliphatic hydroxyl groups is 1. The molecule has 3 nitrogen and oxygen atoms in total. The summed E-state index contributed by atoms with van der Waals surface area (Å²) in [5, 5.41) is 10.00. The number of hydrogen-bond donors (Lipinski definition) is 1. The van der Waals surface area contributed by atoms with E-state index in [0.29, 0.717) is 0 Å². The van der Waals surface area contributed by atoms with Crippen molar-refractivity contribution in [1.29, 1.82) is 0 Å². The van der Waals surface area contributed by atoms with Crippen molar-refractivity contribution in [2.45, 2.75) is 31.8 Å². The van der Waals surface area contributed by atoms with Crippen molar-refractivity contribution in [2.24, 2.45) is 0 Å². The van der Waals surface area contributed by atoms with Crippen LogP contribution in [0, 0.1) is 0 Å². The highest BCUT2D eigenvalue weighted by molar-refractivity contribution is 5.22. The predicted molar refractivity (Wildman–Crippen MR) is 53.5 cm³/mol. The third kappa shape index (κ3) is 1.99. The molecule has 0 saturated carbocycles. The second-order valence-electron chi connectivity index (χ2n) is 3.60. The fourth-order valence-electron chi connectivity index (χ4n) is 1.78. The molecular weight excluding hydrogens is 176 g/mol. The van der Waals surface area contributed by atoms with Crippen molar-refractivity contribution < 1.29 is 5.11 Å². The second-order valence-corrected chi connectivity index (χ2v) is 3.60. The molecule has 0 saturated heterocycles. The Morgan fingerprint density at radius 1 is 1.21 bits per heavy atom. The van der Waals surface area contributed by atoms with Crippen molar-refractivity contribution in [2.75, 3.05) is 0 Å². The summed E-state index contributed by atoms with van der Waals surface area (Å²) in [5.74, 6) is 0. The lowest BCUT2D eigenvalue weighted by molar-refractivity contribution is 0.207. The number of hydrogen-bond acceptors (Lipinski definition) is 3. The number of rotatable bonds is 2. The topological polar surface area (TPSA) is 46.0 Å². The van der Waals surface area contributed by atoms with Gasteiger partial charge in [-0.3, -0.25) is 0 Å². The maximum absolute atomic E-state index is 10.00. The van der Waals surface area contributed by atoms with Crippen LogP contribution in [0.15, 0.2) is 30.4 Å². The standard InChI is InChI=1S/C11H14N2O/c14-11(9-4-2-1-3-5-9)10-6-12-8-13-7-10/h4,6-8,11,14H,1-3,5H2. The monoisotopic (exact) mass is 190 g/mol. The molecule has 14 heavy (non-hydrogen) atoms. The molecule has 0 aliphatic heterocycles. The van der Waals surface area contributed by atoms with E-state index in [1.807, 2.05) is 0 Å². The van der Waals surface area contributed by atoms with Gasteiger partial charge in [-0.15, -0.1) is 0 Å². The molecule has 1 N–H and O–H groups in total. The highest BCUT2D eigenvalue weighted by Crippen LogP contribution is 2.28. The molecule has 74 valence electrons. The first kappa shape index (κ1) is 9.34. The van der Waals surface area contributed by atoms with E-state index in [9.17, 15) is 5.11 Å². The largest absolute Gasteiger partial charge is 0.384 e. The highest BCUT2D eigenvalue weighted by Gasteiger charge is 2.15. The Bertz CT molecular complexity index is 321. The smallest absolute Gasteiger partial charge is 0.115 e. The van der Waals surface area contributed by atoms with Crippen LogP contribution < -0.4 is 0 Å². The predicted octanol–water partition coefficient (Wildman–Crippen LogP) is 2.01. The zero-order chi connectivity index (χ0) is 9.80. The minimum atomic E-state index is -0.503. The quantitative estimate of drug-likeness (QED) is 0.725. The van der Waals surface area contributed by atoms with Crippen LogP contribution in [-0.4, -0.2) is 15.1 Å². The molecule has 1 aliphatic carbocycles. The molecule has 1 aromatic heterocycles. The first-order valence-corrected chi connectivity index (χ1v) is 5.00. The molecule has 1 atom stereocenters. The van der Waals surface area contributed by atoms with Gasteiger partial charge in [-0.2, -0.15) is 0 Å². The third-order valence-electron chi connectivity index (χ3n) is 2.57. The fourth-order valence-corrected chi connectivity index (χ4v) is 1.78. The van der Waals surface area contributed by atoms with Crippen LogP contribution in [-0.2, 0) is 0 Å². The lowest BCUT2D eigenvalue weighted by atomic mass is 9.93. The molecule has 3 heteroatoms. The number of allylic oxidation sites excluding steroid dienone is 1. The lowest BCUT2D eigenvalue weighted by Gasteiger charge is -2.18. The summed E-state index contributed by atoms with van der Waals surface area (Å²) in [7, 11) is 0. The highest BCUT2D eigenvalue weighted by atomic mass is 16.3. The van der Waals surface area contributed by atoms with E-state index in [-0.39, 0.29) is 0 Å². The average Bonchev–Trinajstić information content (AvgIpc) is 2.30. The number of aromatic nitrogens is 2. The normalized spacial score (nSPS) is 18.8. The molecule has 0 radical (unpaired) electrons. The molecule has 0 spiro atoms. The van der Waals surface area contributed by atoms with Crippen LogP contribution in [0.5, 0.6) is 0 Å². The van der Waals surface area contributed by atoms with Crippen molar-refractivity contribution in [3.05, 3.63) is 35.9 Å². The molecular formula is C11H14N2O. The molecule has 0 bridgehead atoms. The van der Waals surface area contributed by atoms with Crippen molar-refractivity contribution in [3.8, 4) is 0 Å². The van der Waals surface area contributed by atoms with Crippen molar-refractivity contribution in [1.82, 2.24) is 9.97 Å². The summed E-state index contributed by atoms with van der Waals surface area (Å²) in [5.41, 5.74) is 1.91. The van der Waals surface area contributed by atoms with E-state index in [0.717, 1.165) is 24.0 Å². The van der Waals surface area contributed by atoms with Gasteiger partial charge in [-0.1, -0.05) is 6.08 Å². The Labute approximate surface area is 83.5 Å². The van der Waals surface area contributed by atoms with Gasteiger partial charge in [0.15, 0.2) is 0 Å². The summed E-state index contributed by atoms with van der Waals surface area (Å²) in [6.07, 6.45) is 11.0. The fraction of sp³-hybridized carbons (Fsp3) is 0.455. The van der Waals surface area contributed by atoms with Crippen LogP contribution in [0.2, 0.25) is 0 Å². The average molecular weight is 190 g/mol. The van der Waals surface area contributed by atoms with Gasteiger partial charge in [0.05, 0.1) is 0 Å². The van der Waals surface area contributed by atoms with Gasteiger partial charge >= 0.3 is 0 Å². The van der Waals surface area contributed by atoms with Crippen LogP contribution in [0.25, 0.3) is 0 Å². The van der Waals surface area contributed by atoms with E-state index in [4.69, 9.17) is 0 Å². The van der Waals surface area contributed by atoms with Gasteiger partial charge in [0.2, 0.25) is 0 Å². The summed E-state index contributed by atoms with van der Waals surface area (Å²) in [4.78, 5) is 7.80. The van der Waals surface area contributed by atoms with E-state index in [1.165, 1.54) is 19.2 Å². The maximum Gasteiger partial charge on any atom is 0.115 e. The molecule has 0 amide bonds. The van der Waals surface area contributed by atoms with Crippen LogP contribution in [0.3, 0.4) is 0 Å². The van der Waals surface area contributed by atoms with E-state index >= 15 is 0 Å². The number of aliphatic hydroxyl groups excluding tert-OH is 1. The minimum absolute atomic E-state index is 0.503. The first-order chi connectivity index (χ1) is 6.88. The van der Waals surface area contributed by atoms with Gasteiger partial charge in [0.25, 0.3) is 0 Å². The zero-order valence-electron chi connectivity index (χ0n) is 8.06. The molecule has 1 aliphatic rings. The first-order valence-electron chi connectivity index (χ1n) is 5.00. The Balaban J connectivity index is 2.15. The van der Waals surface area contributed by atoms with E-state index in [1.54, 1.807) is 12.4 Å². The minimum Gasteiger partial charge on any atom is -0.384 e. The van der Waals surface area contributed by atoms with Gasteiger partial charge < -0.3 is 5.11 Å². The second kappa shape index (κ2) is 4.33. The summed E-state index contributed by atoms with van der Waals surface area (Å²) in [6.45, 7) is 0. The van der Waals surface area contributed by atoms with E-state index < -0.39 is 6.10 Å². The Morgan fingerprint density at radius 3 is 2.64 bits per heavy atom. The van der Waals surface area contributed by atoms with Crippen molar-refractivity contribution in [3.63, 3.8) is 0 Å². The summed E-state index contributed by atoms with van der Waals surface area (Å²) in [6, 6.07) is 0. The maximum atomic E-state index is 10.00. The molecule has 1 aromatic rings. The summed E-state index contributed by atoms with van der Waals surface area (Å²) >= 11 is 0. The van der Waals surface area contributed by atoms with Crippen LogP contribution in [0.4, 0.5) is 0 Å². The Kier molecular flexibility index (Phi) is 2.89.